The predicted octanol–water partition coefficient (Wildman–Crippen LogP) is -0.899. The Hall–Kier alpha value is -3.36. The minimum Gasteiger partial charge on any atom is -0.479 e. The normalized spacial score (nSPS) is 19.7. The smallest absolute Gasteiger partial charge is 0.338 e. The summed E-state index contributed by atoms with van der Waals surface area (Å²) in [7, 11) is 0. The van der Waals surface area contributed by atoms with Crippen molar-refractivity contribution in [2.24, 2.45) is 0 Å². The average Bonchev–Trinajstić information content (AvgIpc) is 3.11. The number of nitrogens with zero attached hydrogens (tertiary/aromatic N) is 6. The molecule has 0 aromatic carbocycles. The van der Waals surface area contributed by atoms with Crippen molar-refractivity contribution in [2.45, 2.75) is 18.6 Å². The Morgan fingerprint density at radius 3 is 3.00 bits per heavy atom. The van der Waals surface area contributed by atoms with Crippen LogP contribution in [-0.4, -0.2) is 66.9 Å². The van der Waals surface area contributed by atoms with Crippen LogP contribution in [-0.2, 0) is 14.3 Å². The Bertz CT molecular complexity index is 902. The summed E-state index contributed by atoms with van der Waals surface area (Å²) in [4.78, 5) is 25.0. The summed E-state index contributed by atoms with van der Waals surface area (Å²) in [5.41, 5.74) is -1.79. The Labute approximate surface area is 147 Å². The first-order valence-electron chi connectivity index (χ1n) is 7.52. The quantitative estimate of drug-likeness (QED) is 0.707. The van der Waals surface area contributed by atoms with Gasteiger partial charge in [-0.3, -0.25) is 9.69 Å². The summed E-state index contributed by atoms with van der Waals surface area (Å²) in [6.07, 6.45) is 1.41. The van der Waals surface area contributed by atoms with Gasteiger partial charge in [-0.1, -0.05) is 0 Å². The Morgan fingerprint density at radius 2 is 2.31 bits per heavy atom. The molecule has 134 valence electrons. The topological polar surface area (TPSA) is 154 Å². The van der Waals surface area contributed by atoms with E-state index in [1.165, 1.54) is 21.8 Å². The predicted molar refractivity (Wildman–Crippen MR) is 84.2 cm³/mol. The van der Waals surface area contributed by atoms with Crippen LogP contribution in [0.25, 0.3) is 5.69 Å². The molecule has 0 saturated carbocycles. The van der Waals surface area contributed by atoms with Gasteiger partial charge in [0.2, 0.25) is 0 Å². The second-order valence-corrected chi connectivity index (χ2v) is 5.72. The number of carbonyl (C=O) groups excluding carboxylic acids is 1. The summed E-state index contributed by atoms with van der Waals surface area (Å²) in [5, 5.41) is 39.6. The van der Waals surface area contributed by atoms with Crippen molar-refractivity contribution in [1.29, 1.82) is 5.26 Å². The lowest BCUT2D eigenvalue weighted by Gasteiger charge is -2.36. The lowest BCUT2D eigenvalue weighted by molar-refractivity contribution is -0.180. The third-order valence-electron chi connectivity index (χ3n) is 3.90. The maximum atomic E-state index is 12.6. The number of rotatable bonds is 4. The Kier molecular flexibility index (Phi) is 4.37. The molecule has 2 N–H and O–H groups in total. The molecule has 2 aromatic rings. The average molecular weight is 358 g/mol. The van der Waals surface area contributed by atoms with E-state index < -0.39 is 23.6 Å². The van der Waals surface area contributed by atoms with Crippen LogP contribution in [0.5, 0.6) is 0 Å². The van der Waals surface area contributed by atoms with Gasteiger partial charge >= 0.3 is 5.97 Å². The van der Waals surface area contributed by atoms with E-state index in [0.29, 0.717) is 5.69 Å². The van der Waals surface area contributed by atoms with Crippen molar-refractivity contribution >= 4 is 17.7 Å². The highest BCUT2D eigenvalue weighted by Crippen LogP contribution is 2.24. The van der Waals surface area contributed by atoms with E-state index in [9.17, 15) is 14.7 Å². The zero-order chi connectivity index (χ0) is 18.9. The maximum absolute atomic E-state index is 12.6. The Balaban J connectivity index is 1.88. The van der Waals surface area contributed by atoms with Crippen LogP contribution in [0.1, 0.15) is 12.6 Å². The van der Waals surface area contributed by atoms with Crippen LogP contribution in [0.4, 0.5) is 5.82 Å². The summed E-state index contributed by atoms with van der Waals surface area (Å²) < 4.78 is 6.58. The lowest BCUT2D eigenvalue weighted by atomic mass is 9.97. The van der Waals surface area contributed by atoms with Crippen molar-refractivity contribution < 1.29 is 24.5 Å². The van der Waals surface area contributed by atoms with Crippen LogP contribution in [0, 0.1) is 11.3 Å². The molecule has 3 rings (SSSR count). The number of aliphatic hydroxyl groups is 1. The number of morpholine rings is 1. The van der Waals surface area contributed by atoms with Crippen LogP contribution in [0.2, 0.25) is 0 Å². The second kappa shape index (κ2) is 6.51. The molecule has 0 aliphatic carbocycles. The largest absolute Gasteiger partial charge is 0.479 e. The van der Waals surface area contributed by atoms with Crippen LogP contribution < -0.4 is 4.90 Å². The summed E-state index contributed by atoms with van der Waals surface area (Å²) >= 11 is 0. The molecule has 0 bridgehead atoms. The zero-order valence-corrected chi connectivity index (χ0v) is 13.6. The second-order valence-electron chi connectivity index (χ2n) is 5.72. The van der Waals surface area contributed by atoms with E-state index in [1.807, 2.05) is 6.07 Å². The summed E-state index contributed by atoms with van der Waals surface area (Å²) in [6, 6.07) is 4.89. The SMILES string of the molecule is CC(O)(C(=O)O)C1OCCN(c2ccn(-c3cnnc(C#N)c3)n2)C1=O. The number of aliphatic carboxylic acids is 1. The molecule has 11 heteroatoms. The number of carboxylic acid groups (broad SMARTS) is 1. The third kappa shape index (κ3) is 2.99. The first-order valence-corrected chi connectivity index (χ1v) is 7.52. The highest BCUT2D eigenvalue weighted by atomic mass is 16.5. The van der Waals surface area contributed by atoms with Crippen LogP contribution >= 0.6 is 0 Å². The van der Waals surface area contributed by atoms with E-state index in [1.54, 1.807) is 12.3 Å². The van der Waals surface area contributed by atoms with Gasteiger partial charge in [0.05, 0.1) is 25.0 Å². The number of carboxylic acids is 1. The Morgan fingerprint density at radius 1 is 1.54 bits per heavy atom. The first kappa shape index (κ1) is 17.5. The molecular weight excluding hydrogens is 344 g/mol. The molecule has 3 heterocycles. The van der Waals surface area contributed by atoms with Gasteiger partial charge < -0.3 is 14.9 Å². The van der Waals surface area contributed by atoms with Crippen molar-refractivity contribution in [1.82, 2.24) is 20.0 Å². The van der Waals surface area contributed by atoms with E-state index >= 15 is 0 Å². The number of hydrogen-bond donors (Lipinski definition) is 2. The molecule has 0 radical (unpaired) electrons. The van der Waals surface area contributed by atoms with E-state index in [-0.39, 0.29) is 24.7 Å². The number of amides is 1. The molecule has 26 heavy (non-hydrogen) atoms. The van der Waals surface area contributed by atoms with Gasteiger partial charge in [-0.2, -0.15) is 10.4 Å². The molecule has 11 nitrogen and oxygen atoms in total. The van der Waals surface area contributed by atoms with Gasteiger partial charge in [-0.05, 0) is 6.92 Å². The molecule has 2 aromatic heterocycles. The van der Waals surface area contributed by atoms with E-state index in [4.69, 9.17) is 15.1 Å². The molecule has 0 spiro atoms. The molecule has 2 unspecified atom stereocenters. The van der Waals surface area contributed by atoms with Gasteiger partial charge in [0, 0.05) is 18.3 Å². The highest BCUT2D eigenvalue weighted by Gasteiger charge is 2.49. The van der Waals surface area contributed by atoms with Crippen molar-refractivity contribution in [3.63, 3.8) is 0 Å². The fourth-order valence-corrected chi connectivity index (χ4v) is 2.47. The molecule has 1 aliphatic heterocycles. The van der Waals surface area contributed by atoms with Crippen molar-refractivity contribution in [3.8, 4) is 11.8 Å². The number of carbonyl (C=O) groups is 2. The molecule has 1 amide bonds. The summed E-state index contributed by atoms with van der Waals surface area (Å²) in [5.74, 6) is -2.02. The van der Waals surface area contributed by atoms with Gasteiger partial charge in [-0.25, -0.2) is 9.48 Å². The maximum Gasteiger partial charge on any atom is 0.338 e. The van der Waals surface area contributed by atoms with E-state index in [0.717, 1.165) is 6.92 Å². The fraction of sp³-hybridized carbons (Fsp3) is 0.333. The zero-order valence-electron chi connectivity index (χ0n) is 13.6. The molecular formula is C15H14N6O5. The highest BCUT2D eigenvalue weighted by molar-refractivity contribution is 6.00. The molecule has 1 aliphatic rings. The number of aromatic nitrogens is 4. The number of ether oxygens (including phenoxy) is 1. The standard InChI is InChI=1S/C15H14N6O5/c1-15(25,14(23)24)12-13(22)20(4-5-26-12)11-2-3-21(19-11)10-6-9(7-16)18-17-8-10/h2-3,6,8,12,25H,4-5H2,1H3,(H,23,24). The lowest BCUT2D eigenvalue weighted by Crippen LogP contribution is -2.60. The number of nitriles is 1. The minimum atomic E-state index is -2.37. The molecule has 1 fully saturated rings. The number of anilines is 1. The third-order valence-corrected chi connectivity index (χ3v) is 3.90. The number of hydrogen-bond acceptors (Lipinski definition) is 8. The van der Waals surface area contributed by atoms with Crippen LogP contribution in [0.15, 0.2) is 24.5 Å². The van der Waals surface area contributed by atoms with E-state index in [2.05, 4.69) is 15.3 Å². The molecule has 1 saturated heterocycles. The van der Waals surface area contributed by atoms with Gasteiger partial charge in [0.15, 0.2) is 23.2 Å². The van der Waals surface area contributed by atoms with Crippen molar-refractivity contribution in [3.05, 3.63) is 30.2 Å². The fourth-order valence-electron chi connectivity index (χ4n) is 2.47. The monoisotopic (exact) mass is 358 g/mol. The van der Waals surface area contributed by atoms with Crippen LogP contribution in [0.3, 0.4) is 0 Å². The first-order chi connectivity index (χ1) is 12.3. The van der Waals surface area contributed by atoms with Gasteiger partial charge in [-0.15, -0.1) is 10.2 Å². The minimum absolute atomic E-state index is 0.0437. The van der Waals surface area contributed by atoms with Crippen molar-refractivity contribution in [2.75, 3.05) is 18.1 Å². The van der Waals surface area contributed by atoms with Gasteiger partial charge in [0.25, 0.3) is 5.91 Å². The van der Waals surface area contributed by atoms with Gasteiger partial charge in [0.1, 0.15) is 6.07 Å². The molecule has 2 atom stereocenters. The summed E-state index contributed by atoms with van der Waals surface area (Å²) in [6.45, 7) is 1.20.